The van der Waals surface area contributed by atoms with E-state index >= 15 is 9.13 Å². The van der Waals surface area contributed by atoms with E-state index in [-0.39, 0.29) is 0 Å². The fraction of sp³-hybridized carbons (Fsp3) is 0.304. The maximum absolute atomic E-state index is 18.4. The number of fused-ring (bicyclic) bond motifs is 14. The van der Waals surface area contributed by atoms with Crippen LogP contribution in [0.4, 0.5) is 0 Å². The summed E-state index contributed by atoms with van der Waals surface area (Å²) in [5.41, 5.74) is 25.5. The number of unbranched alkanes of at least 4 members (excludes halogenated alkanes) is 1. The zero-order valence-electron chi connectivity index (χ0n) is 61.5. The molecule has 101 heavy (non-hydrogen) atoms. The van der Waals surface area contributed by atoms with E-state index in [1.807, 2.05) is 0 Å². The number of hydrogen-bond acceptors (Lipinski definition) is 6. The van der Waals surface area contributed by atoms with Crippen molar-refractivity contribution in [1.82, 2.24) is 4.86 Å². The Morgan fingerprint density at radius 1 is 0.267 bits per heavy atom. The molecule has 0 amide bonds. The molecule has 2 aliphatic rings. The Kier molecular flexibility index (Phi) is 19.7. The second-order valence-electron chi connectivity index (χ2n) is 27.7. The van der Waals surface area contributed by atoms with E-state index in [4.69, 9.17) is 18.1 Å². The van der Waals surface area contributed by atoms with Crippen LogP contribution in [0, 0.1) is 0 Å². The summed E-state index contributed by atoms with van der Waals surface area (Å²) in [5.74, 6) is 1.44. The minimum absolute atomic E-state index is 0.355. The average Bonchev–Trinajstić information content (AvgIpc) is 1.65. The van der Waals surface area contributed by atoms with Gasteiger partial charge in [0.25, 0.3) is 0 Å². The van der Waals surface area contributed by atoms with Crippen LogP contribution in [0.1, 0.15) is 175 Å². The van der Waals surface area contributed by atoms with E-state index in [1.54, 1.807) is 0 Å². The lowest BCUT2D eigenvalue weighted by atomic mass is 9.82. The van der Waals surface area contributed by atoms with Gasteiger partial charge in [-0.05, 0) is 252 Å². The largest absolute Gasteiger partial charge is 0.524 e. The number of hydrogen-bond donors (Lipinski definition) is 1. The van der Waals surface area contributed by atoms with Gasteiger partial charge >= 0.3 is 15.5 Å². The molecule has 0 spiro atoms. The van der Waals surface area contributed by atoms with Crippen LogP contribution in [0.3, 0.4) is 0 Å². The average molecular weight is 1370 g/mol. The van der Waals surface area contributed by atoms with E-state index in [1.165, 1.54) is 27.8 Å². The van der Waals surface area contributed by atoms with Crippen LogP contribution in [0.15, 0.2) is 164 Å². The summed E-state index contributed by atoms with van der Waals surface area (Å²) >= 11 is 0. The van der Waals surface area contributed by atoms with E-state index in [0.717, 1.165) is 251 Å². The first-order valence-corrected chi connectivity index (χ1v) is 40.9. The van der Waals surface area contributed by atoms with Crippen LogP contribution < -0.4 is 23.0 Å². The molecule has 516 valence electrons. The second-order valence-corrected chi connectivity index (χ2v) is 31.2. The van der Waals surface area contributed by atoms with Crippen LogP contribution in [0.2, 0.25) is 0 Å². The van der Waals surface area contributed by atoms with Gasteiger partial charge in [0, 0.05) is 44.5 Å². The predicted molar refractivity (Wildman–Crippen MR) is 428 cm³/mol. The third-order valence-corrected chi connectivity index (χ3v) is 25.4. The molecule has 0 aromatic heterocycles. The molecular weight excluding hydrogens is 1280 g/mol. The van der Waals surface area contributed by atoms with Gasteiger partial charge in [-0.2, -0.15) is 0 Å². The van der Waals surface area contributed by atoms with Crippen LogP contribution in [-0.2, 0) is 92.6 Å². The summed E-state index contributed by atoms with van der Waals surface area (Å²) in [6.45, 7) is 28.8. The Balaban J connectivity index is 1.15. The number of rotatable bonds is 21. The van der Waals surface area contributed by atoms with Crippen LogP contribution in [0.25, 0.3) is 110 Å². The fourth-order valence-corrected chi connectivity index (χ4v) is 20.3. The van der Waals surface area contributed by atoms with Crippen molar-refractivity contribution in [2.24, 2.45) is 0 Å². The van der Waals surface area contributed by atoms with E-state index in [2.05, 4.69) is 259 Å². The lowest BCUT2D eigenvalue weighted by Gasteiger charge is -2.27. The van der Waals surface area contributed by atoms with Crippen molar-refractivity contribution in [1.29, 1.82) is 0 Å². The van der Waals surface area contributed by atoms with Crippen LogP contribution in [0.5, 0.6) is 23.0 Å². The van der Waals surface area contributed by atoms with Crippen molar-refractivity contribution in [3.05, 3.63) is 236 Å². The minimum Gasteiger partial charge on any atom is -0.403 e. The lowest BCUT2D eigenvalue weighted by molar-refractivity contribution is 0.359. The van der Waals surface area contributed by atoms with Gasteiger partial charge in [-0.25, -0.2) is 9.13 Å². The summed E-state index contributed by atoms with van der Waals surface area (Å²) < 4.78 is 67.9. The zero-order chi connectivity index (χ0) is 70.6. The molecular formula is C92H97NO6P2. The number of aryl methyl sites for hydroxylation is 13. The van der Waals surface area contributed by atoms with Gasteiger partial charge in [-0.1, -0.05) is 241 Å². The quantitative estimate of drug-likeness (QED) is 0.0718. The maximum Gasteiger partial charge on any atom is 0.524 e. The highest BCUT2D eigenvalue weighted by atomic mass is 31.3. The molecule has 9 heteroatoms. The van der Waals surface area contributed by atoms with Crippen molar-refractivity contribution < 1.29 is 27.2 Å². The smallest absolute Gasteiger partial charge is 0.403 e. The fourth-order valence-electron chi connectivity index (χ4n) is 16.6. The standard InChI is InChI=1S/C92H97NO6P2/c1-14-27-34-60-41-42-76-72(51-60)55-80(84-67(25-12)49-59(18-5)50-68(84)26-13)92-88(76)87-75-40-33-30-37-71(75)54-79(83-65(23-10)47-58(17-4)48-66(83)24-11)91(87)98-101(95,99-92)93-100(94)96-89-77(81-61(19-6)43-56(15-2)44-62(81)20-7)52-69-35-28-31-38-73(69)85(89)86-74-39-32-29-36-70(74)53-78(90(86)97-100)82-63(21-8)45-57(16-3)46-64(82)22-9/h28-33,35-55H,14-27,34H2,1-13H3,(H,93,94,95). The SMILES string of the molecule is CCCCc1ccc2c3c(c(-c4c(CC)cc(CC)cc4CC)cc2c1)OP(=O)(NP1(=O)Oc2c(-c4c(CC)cc(CC)cc4CC)cc4ccccc4c2-c2c(c(-c4c(CC)cc(CC)cc4CC)cc4ccccc24)O1)Oc1c(-c2c(CC)cc(CC)cc2CC)cc2ccccc2c1-3. The first-order chi connectivity index (χ1) is 49.1. The Hall–Kier alpha value is -8.70. The summed E-state index contributed by atoms with van der Waals surface area (Å²) in [7, 11) is -10.4. The van der Waals surface area contributed by atoms with Crippen molar-refractivity contribution in [2.45, 2.75) is 186 Å². The normalized spacial score (nSPS) is 14.5. The molecule has 0 bridgehead atoms. The third kappa shape index (κ3) is 12.3. The van der Waals surface area contributed by atoms with Crippen molar-refractivity contribution in [3.8, 4) is 89.8 Å². The lowest BCUT2D eigenvalue weighted by Crippen LogP contribution is -2.22. The molecule has 12 aromatic rings. The predicted octanol–water partition coefficient (Wildman–Crippen LogP) is 26.4. The molecule has 1 atom stereocenters. The van der Waals surface area contributed by atoms with E-state index in [0.29, 0.717) is 23.0 Å². The highest BCUT2D eigenvalue weighted by molar-refractivity contribution is 7.68. The van der Waals surface area contributed by atoms with Gasteiger partial charge in [-0.15, -0.1) is 0 Å². The van der Waals surface area contributed by atoms with E-state index < -0.39 is 15.5 Å². The monoisotopic (exact) mass is 1370 g/mol. The summed E-state index contributed by atoms with van der Waals surface area (Å²) in [4.78, 5) is 3.32. The molecule has 0 saturated carbocycles. The maximum atomic E-state index is 18.4. The molecule has 0 saturated heterocycles. The highest BCUT2D eigenvalue weighted by Crippen LogP contribution is 2.69. The molecule has 2 heterocycles. The first kappa shape index (κ1) is 69.4. The zero-order valence-corrected chi connectivity index (χ0v) is 63.3. The molecule has 2 aliphatic heterocycles. The molecule has 14 rings (SSSR count). The Morgan fingerprint density at radius 3 is 0.782 bits per heavy atom. The van der Waals surface area contributed by atoms with Gasteiger partial charge in [0.05, 0.1) is 0 Å². The molecule has 1 unspecified atom stereocenters. The molecule has 1 N–H and O–H groups in total. The molecule has 0 aliphatic carbocycles. The Morgan fingerprint density at radius 2 is 0.525 bits per heavy atom. The van der Waals surface area contributed by atoms with Crippen LogP contribution in [-0.4, -0.2) is 0 Å². The van der Waals surface area contributed by atoms with Crippen molar-refractivity contribution >= 4 is 58.6 Å². The van der Waals surface area contributed by atoms with Gasteiger partial charge < -0.3 is 18.1 Å². The Bertz CT molecular complexity index is 5130. The summed E-state index contributed by atoms with van der Waals surface area (Å²) in [6.07, 6.45) is 12.3. The number of benzene rings is 12. The van der Waals surface area contributed by atoms with E-state index in [9.17, 15) is 0 Å². The molecule has 0 fully saturated rings. The highest BCUT2D eigenvalue weighted by Gasteiger charge is 2.50. The number of nitrogens with one attached hydrogen (secondary N) is 1. The molecule has 7 nitrogen and oxygen atoms in total. The second kappa shape index (κ2) is 28.6. The van der Waals surface area contributed by atoms with Crippen molar-refractivity contribution in [3.63, 3.8) is 0 Å². The van der Waals surface area contributed by atoms with Crippen molar-refractivity contribution in [2.75, 3.05) is 0 Å². The van der Waals surface area contributed by atoms with Gasteiger partial charge in [0.1, 0.15) is 23.0 Å². The van der Waals surface area contributed by atoms with Gasteiger partial charge in [-0.3, -0.25) is 0 Å². The summed E-state index contributed by atoms with van der Waals surface area (Å²) in [5, 5.41) is 7.59. The van der Waals surface area contributed by atoms with Crippen LogP contribution >= 0.6 is 15.5 Å². The first-order valence-electron chi connectivity index (χ1n) is 37.8. The Labute approximate surface area is 599 Å². The summed E-state index contributed by atoms with van der Waals surface area (Å²) in [6, 6.07) is 59.8. The third-order valence-electron chi connectivity index (χ3n) is 21.8. The van der Waals surface area contributed by atoms with Gasteiger partial charge in [0.15, 0.2) is 0 Å². The topological polar surface area (TPSA) is 83.1 Å². The van der Waals surface area contributed by atoms with Gasteiger partial charge in [0.2, 0.25) is 0 Å². The minimum atomic E-state index is -5.21. The molecule has 0 radical (unpaired) electrons. The molecule has 12 aromatic carbocycles.